The minimum absolute atomic E-state index is 0.0371. The van der Waals surface area contributed by atoms with E-state index in [1.54, 1.807) is 0 Å². The first kappa shape index (κ1) is 12.6. The molecule has 0 radical (unpaired) electrons. The molecule has 1 aliphatic rings. The van der Waals surface area contributed by atoms with Crippen molar-refractivity contribution in [3.8, 4) is 0 Å². The zero-order valence-electron chi connectivity index (χ0n) is 12.0. The molecule has 0 aliphatic carbocycles. The molecule has 1 aromatic carbocycles. The van der Waals surface area contributed by atoms with Crippen LogP contribution in [0.2, 0.25) is 0 Å². The molecule has 0 spiro atoms. The summed E-state index contributed by atoms with van der Waals surface area (Å²) >= 11 is 0. The summed E-state index contributed by atoms with van der Waals surface area (Å²) in [5.41, 5.74) is 5.74. The molecule has 94 valence electrons. The zero-order valence-corrected chi connectivity index (χ0v) is 12.0. The first-order valence-corrected chi connectivity index (χ1v) is 6.50. The molecule has 1 saturated heterocycles. The zero-order chi connectivity index (χ0) is 12.8. The van der Waals surface area contributed by atoms with Gasteiger partial charge in [-0.05, 0) is 48.4 Å². The van der Waals surface area contributed by atoms with Gasteiger partial charge in [-0.25, -0.2) is 0 Å². The Bertz CT molecular complexity index is 410. The van der Waals surface area contributed by atoms with Gasteiger partial charge in [0.25, 0.3) is 0 Å². The lowest BCUT2D eigenvalue weighted by Gasteiger charge is -2.41. The van der Waals surface area contributed by atoms with Gasteiger partial charge in [0.05, 0.1) is 12.2 Å². The van der Waals surface area contributed by atoms with Crippen LogP contribution in [0, 0.1) is 13.8 Å². The Balaban J connectivity index is 2.50. The van der Waals surface area contributed by atoms with Crippen LogP contribution in [0.4, 0.5) is 0 Å². The van der Waals surface area contributed by atoms with Gasteiger partial charge in [-0.15, -0.1) is 0 Å². The van der Waals surface area contributed by atoms with Gasteiger partial charge in [0.15, 0.2) is 0 Å². The molecule has 1 atom stereocenters. The Labute approximate surface area is 105 Å². The predicted molar refractivity (Wildman–Crippen MR) is 72.5 cm³/mol. The first-order chi connectivity index (χ1) is 7.74. The third kappa shape index (κ3) is 2.13. The summed E-state index contributed by atoms with van der Waals surface area (Å²) < 4.78 is 5.79. The molecule has 1 heteroatoms. The second kappa shape index (κ2) is 3.84. The van der Waals surface area contributed by atoms with Crippen molar-refractivity contribution in [2.45, 2.75) is 59.0 Å². The lowest BCUT2D eigenvalue weighted by molar-refractivity contribution is -0.141. The van der Waals surface area contributed by atoms with Crippen molar-refractivity contribution >= 4 is 0 Å². The number of ether oxygens (including phenoxy) is 1. The van der Waals surface area contributed by atoms with Crippen LogP contribution >= 0.6 is 0 Å². The fourth-order valence-electron chi connectivity index (χ4n) is 2.84. The van der Waals surface area contributed by atoms with Gasteiger partial charge in [0.2, 0.25) is 0 Å². The monoisotopic (exact) mass is 232 g/mol. The maximum absolute atomic E-state index is 5.79. The Hall–Kier alpha value is -0.820. The molecule has 1 unspecified atom stereocenters. The smallest absolute Gasteiger partial charge is 0.0930 e. The highest BCUT2D eigenvalue weighted by molar-refractivity contribution is 5.44. The van der Waals surface area contributed by atoms with Crippen LogP contribution in [0.1, 0.15) is 56.4 Å². The maximum Gasteiger partial charge on any atom is 0.0930 e. The quantitative estimate of drug-likeness (QED) is 0.704. The van der Waals surface area contributed by atoms with Crippen LogP contribution in [0.3, 0.4) is 0 Å². The Morgan fingerprint density at radius 2 is 1.59 bits per heavy atom. The molecule has 0 aromatic heterocycles. The molecule has 1 fully saturated rings. The summed E-state index contributed by atoms with van der Waals surface area (Å²) in [6.45, 7) is 14.3. The van der Waals surface area contributed by atoms with E-state index < -0.39 is 0 Å². The van der Waals surface area contributed by atoms with Gasteiger partial charge in [0, 0.05) is 6.42 Å². The van der Waals surface area contributed by atoms with E-state index in [9.17, 15) is 0 Å². The van der Waals surface area contributed by atoms with Crippen molar-refractivity contribution in [1.82, 2.24) is 0 Å². The summed E-state index contributed by atoms with van der Waals surface area (Å²) in [4.78, 5) is 0. The lowest BCUT2D eigenvalue weighted by Crippen LogP contribution is -2.39. The molecule has 0 amide bonds. The van der Waals surface area contributed by atoms with Gasteiger partial charge in [0.1, 0.15) is 0 Å². The molecule has 1 aliphatic heterocycles. The normalized spacial score (nSPS) is 24.6. The molecule has 0 saturated carbocycles. The molecule has 2 rings (SSSR count). The van der Waals surface area contributed by atoms with Crippen LogP contribution in [-0.4, -0.2) is 6.61 Å². The largest absolute Gasteiger partial charge is 0.370 e. The molecule has 0 bridgehead atoms. The third-order valence-electron chi connectivity index (χ3n) is 3.93. The van der Waals surface area contributed by atoms with Gasteiger partial charge in [-0.1, -0.05) is 32.9 Å². The standard InChI is InChI=1S/C16H24O/c1-11-9-13(15(3,4)5)10-12(2)14(11)16(6)7-8-17-16/h9-10H,7-8H2,1-6H3. The van der Waals surface area contributed by atoms with E-state index in [0.29, 0.717) is 0 Å². The van der Waals surface area contributed by atoms with Gasteiger partial charge >= 0.3 is 0 Å². The minimum Gasteiger partial charge on any atom is -0.370 e. The summed E-state index contributed by atoms with van der Waals surface area (Å²) in [5, 5.41) is 0. The SMILES string of the molecule is Cc1cc(C(C)(C)C)cc(C)c1C1(C)CCO1. The van der Waals surface area contributed by atoms with E-state index in [0.717, 1.165) is 13.0 Å². The summed E-state index contributed by atoms with van der Waals surface area (Å²) in [6.07, 6.45) is 1.14. The first-order valence-electron chi connectivity index (χ1n) is 6.50. The highest BCUT2D eigenvalue weighted by atomic mass is 16.5. The maximum atomic E-state index is 5.79. The van der Waals surface area contributed by atoms with Crippen molar-refractivity contribution in [1.29, 1.82) is 0 Å². The number of benzene rings is 1. The van der Waals surface area contributed by atoms with Crippen molar-refractivity contribution in [2.24, 2.45) is 0 Å². The molecule has 1 aromatic rings. The number of hydrogen-bond donors (Lipinski definition) is 0. The summed E-state index contributed by atoms with van der Waals surface area (Å²) in [6, 6.07) is 4.66. The van der Waals surface area contributed by atoms with E-state index >= 15 is 0 Å². The molecule has 1 nitrogen and oxygen atoms in total. The van der Waals surface area contributed by atoms with Gasteiger partial charge in [-0.3, -0.25) is 0 Å². The van der Waals surface area contributed by atoms with Gasteiger partial charge in [-0.2, -0.15) is 0 Å². The van der Waals surface area contributed by atoms with E-state index in [2.05, 4.69) is 53.7 Å². The number of aryl methyl sites for hydroxylation is 2. The number of rotatable bonds is 1. The molecular formula is C16H24O. The lowest BCUT2D eigenvalue weighted by atomic mass is 9.78. The second-order valence-corrected chi connectivity index (χ2v) is 6.56. The third-order valence-corrected chi connectivity index (χ3v) is 3.93. The minimum atomic E-state index is -0.0371. The van der Waals surface area contributed by atoms with Crippen LogP contribution in [-0.2, 0) is 15.8 Å². The highest BCUT2D eigenvalue weighted by Gasteiger charge is 2.37. The average molecular weight is 232 g/mol. The van der Waals surface area contributed by atoms with E-state index in [4.69, 9.17) is 4.74 Å². The van der Waals surface area contributed by atoms with Crippen molar-refractivity contribution in [3.63, 3.8) is 0 Å². The van der Waals surface area contributed by atoms with Crippen LogP contribution in [0.25, 0.3) is 0 Å². The van der Waals surface area contributed by atoms with E-state index in [-0.39, 0.29) is 11.0 Å². The molecule has 17 heavy (non-hydrogen) atoms. The molecule has 1 heterocycles. The molecule has 0 N–H and O–H groups in total. The van der Waals surface area contributed by atoms with Crippen LogP contribution < -0.4 is 0 Å². The van der Waals surface area contributed by atoms with Crippen molar-refractivity contribution < 1.29 is 4.74 Å². The fourth-order valence-corrected chi connectivity index (χ4v) is 2.84. The van der Waals surface area contributed by atoms with Crippen LogP contribution in [0.5, 0.6) is 0 Å². The van der Waals surface area contributed by atoms with Crippen molar-refractivity contribution in [3.05, 3.63) is 34.4 Å². The Morgan fingerprint density at radius 3 is 1.88 bits per heavy atom. The van der Waals surface area contributed by atoms with Crippen molar-refractivity contribution in [2.75, 3.05) is 6.61 Å². The van der Waals surface area contributed by atoms with E-state index in [1.165, 1.54) is 22.3 Å². The average Bonchev–Trinajstić information content (AvgIpc) is 2.12. The summed E-state index contributed by atoms with van der Waals surface area (Å²) in [7, 11) is 0. The Kier molecular flexibility index (Phi) is 2.86. The van der Waals surface area contributed by atoms with E-state index in [1.807, 2.05) is 0 Å². The fraction of sp³-hybridized carbons (Fsp3) is 0.625. The predicted octanol–water partition coefficient (Wildman–Crippen LogP) is 4.24. The topological polar surface area (TPSA) is 9.23 Å². The molecular weight excluding hydrogens is 208 g/mol. The summed E-state index contributed by atoms with van der Waals surface area (Å²) in [5.74, 6) is 0. The second-order valence-electron chi connectivity index (χ2n) is 6.56. The highest BCUT2D eigenvalue weighted by Crippen LogP contribution is 2.41. The Morgan fingerprint density at radius 1 is 1.12 bits per heavy atom. The van der Waals surface area contributed by atoms with Gasteiger partial charge < -0.3 is 4.74 Å². The number of hydrogen-bond acceptors (Lipinski definition) is 1. The van der Waals surface area contributed by atoms with Crippen LogP contribution in [0.15, 0.2) is 12.1 Å².